The second-order valence-corrected chi connectivity index (χ2v) is 8.05. The molecule has 0 bridgehead atoms. The zero-order valence-electron chi connectivity index (χ0n) is 14.6. The maximum atomic E-state index is 12.3. The van der Waals surface area contributed by atoms with Crippen molar-refractivity contribution in [3.8, 4) is 11.5 Å². The average molecular weight is 458 g/mol. The Bertz CT molecular complexity index is 768. The summed E-state index contributed by atoms with van der Waals surface area (Å²) in [7, 11) is 0. The van der Waals surface area contributed by atoms with E-state index >= 15 is 0 Å². The largest absolute Gasteiger partial charge is 0.490 e. The quantitative estimate of drug-likeness (QED) is 0.320. The molecule has 0 aliphatic rings. The lowest BCUT2D eigenvalue weighted by Gasteiger charge is -2.14. The summed E-state index contributed by atoms with van der Waals surface area (Å²) in [5.41, 5.74) is 0.806. The molecule has 0 atom stereocenters. The first-order valence-corrected chi connectivity index (χ1v) is 10.6. The maximum absolute atomic E-state index is 12.3. The van der Waals surface area contributed by atoms with Crippen molar-refractivity contribution in [2.24, 2.45) is 0 Å². The van der Waals surface area contributed by atoms with Crippen molar-refractivity contribution in [3.63, 3.8) is 0 Å². The van der Waals surface area contributed by atoms with Crippen molar-refractivity contribution < 1.29 is 14.3 Å². The van der Waals surface area contributed by atoms with Gasteiger partial charge < -0.3 is 14.8 Å². The highest BCUT2D eigenvalue weighted by atomic mass is 79.9. The van der Waals surface area contributed by atoms with Gasteiger partial charge in [0.05, 0.1) is 19.6 Å². The molecule has 0 saturated heterocycles. The van der Waals surface area contributed by atoms with E-state index in [1.807, 2.05) is 26.0 Å². The van der Waals surface area contributed by atoms with E-state index in [1.165, 1.54) is 23.1 Å². The van der Waals surface area contributed by atoms with Crippen LogP contribution in [0.4, 0.5) is 5.13 Å². The highest BCUT2D eigenvalue weighted by Gasteiger charge is 2.15. The van der Waals surface area contributed by atoms with E-state index in [1.54, 1.807) is 6.08 Å². The molecule has 1 N–H and O–H groups in total. The van der Waals surface area contributed by atoms with E-state index in [2.05, 4.69) is 38.0 Å². The van der Waals surface area contributed by atoms with Gasteiger partial charge in [-0.1, -0.05) is 45.1 Å². The van der Waals surface area contributed by atoms with Gasteiger partial charge in [0.1, 0.15) is 0 Å². The normalized spacial score (nSPS) is 10.4. The molecule has 0 saturated carbocycles. The van der Waals surface area contributed by atoms with Crippen molar-refractivity contribution in [2.45, 2.75) is 24.6 Å². The van der Waals surface area contributed by atoms with E-state index in [0.29, 0.717) is 29.8 Å². The first kappa shape index (κ1) is 20.7. The predicted octanol–water partition coefficient (Wildman–Crippen LogP) is 4.56. The maximum Gasteiger partial charge on any atom is 0.230 e. The van der Waals surface area contributed by atoms with Gasteiger partial charge in [0.2, 0.25) is 11.0 Å². The average Bonchev–Trinajstić information content (AvgIpc) is 3.04. The van der Waals surface area contributed by atoms with Crippen LogP contribution < -0.4 is 14.8 Å². The molecule has 0 aliphatic carbocycles. The molecule has 9 heteroatoms. The van der Waals surface area contributed by atoms with Gasteiger partial charge in [-0.2, -0.15) is 0 Å². The molecule has 1 aromatic heterocycles. The van der Waals surface area contributed by atoms with Crippen molar-refractivity contribution in [1.82, 2.24) is 10.2 Å². The van der Waals surface area contributed by atoms with Crippen LogP contribution in [0.1, 0.15) is 19.4 Å². The first-order chi connectivity index (χ1) is 12.6. The number of carbonyl (C=O) groups excluding carboxylic acids is 1. The molecule has 0 fully saturated rings. The summed E-state index contributed by atoms with van der Waals surface area (Å²) in [6.07, 6.45) is 1.98. The molecular weight excluding hydrogens is 438 g/mol. The number of carbonyl (C=O) groups is 1. The van der Waals surface area contributed by atoms with Crippen LogP contribution in [0.5, 0.6) is 11.5 Å². The molecule has 2 aromatic rings. The summed E-state index contributed by atoms with van der Waals surface area (Å²) in [5, 5.41) is 11.3. The van der Waals surface area contributed by atoms with Gasteiger partial charge in [-0.05, 0) is 31.5 Å². The zero-order valence-corrected chi connectivity index (χ0v) is 17.8. The number of ether oxygens (including phenoxy) is 2. The lowest BCUT2D eigenvalue weighted by molar-refractivity contribution is -0.115. The highest BCUT2D eigenvalue weighted by Crippen LogP contribution is 2.34. The van der Waals surface area contributed by atoms with Crippen molar-refractivity contribution in [1.29, 1.82) is 0 Å². The Morgan fingerprint density at radius 3 is 2.65 bits per heavy atom. The number of nitrogens with one attached hydrogen (secondary N) is 1. The van der Waals surface area contributed by atoms with E-state index in [4.69, 9.17) is 9.47 Å². The number of rotatable bonds is 10. The molecule has 0 aliphatic heterocycles. The molecule has 2 rings (SSSR count). The fourth-order valence-corrected chi connectivity index (χ4v) is 4.03. The van der Waals surface area contributed by atoms with E-state index < -0.39 is 0 Å². The standard InChI is InChI=1S/C17H20BrN3O3S2/c1-4-7-25-17-21-20-16(26-17)19-15(22)9-11-8-13(23-5-2)14(24-6-3)10-12(11)18/h4,8,10H,1,5-7,9H2,2-3H3,(H,19,20,22). The molecule has 1 aromatic carbocycles. The lowest BCUT2D eigenvalue weighted by atomic mass is 10.1. The molecule has 1 amide bonds. The van der Waals surface area contributed by atoms with Gasteiger partial charge in [-0.3, -0.25) is 4.79 Å². The summed E-state index contributed by atoms with van der Waals surface area (Å²) >= 11 is 6.36. The summed E-state index contributed by atoms with van der Waals surface area (Å²) in [6, 6.07) is 3.65. The third-order valence-corrected chi connectivity index (χ3v) is 5.75. The van der Waals surface area contributed by atoms with Crippen LogP contribution in [0, 0.1) is 0 Å². The van der Waals surface area contributed by atoms with Crippen molar-refractivity contribution in [2.75, 3.05) is 24.3 Å². The number of hydrogen-bond donors (Lipinski definition) is 1. The molecule has 1 heterocycles. The molecule has 0 spiro atoms. The van der Waals surface area contributed by atoms with Gasteiger partial charge in [0.15, 0.2) is 15.8 Å². The van der Waals surface area contributed by atoms with Gasteiger partial charge in [-0.25, -0.2) is 0 Å². The van der Waals surface area contributed by atoms with Crippen LogP contribution in [0.25, 0.3) is 0 Å². The SMILES string of the molecule is C=CCSc1nnc(NC(=O)Cc2cc(OCC)c(OCC)cc2Br)s1. The van der Waals surface area contributed by atoms with Gasteiger partial charge in [0, 0.05) is 10.2 Å². The Balaban J connectivity index is 2.06. The van der Waals surface area contributed by atoms with E-state index in [-0.39, 0.29) is 12.3 Å². The minimum atomic E-state index is -0.172. The molecule has 0 unspecified atom stereocenters. The smallest absolute Gasteiger partial charge is 0.230 e. The topological polar surface area (TPSA) is 73.3 Å². The number of hydrogen-bond acceptors (Lipinski definition) is 7. The minimum Gasteiger partial charge on any atom is -0.490 e. The third-order valence-electron chi connectivity index (χ3n) is 3.04. The van der Waals surface area contributed by atoms with Gasteiger partial charge in [0.25, 0.3) is 0 Å². The number of aromatic nitrogens is 2. The number of halogens is 1. The lowest BCUT2D eigenvalue weighted by Crippen LogP contribution is -2.14. The Kier molecular flexibility index (Phi) is 8.40. The Morgan fingerprint density at radius 1 is 1.31 bits per heavy atom. The minimum absolute atomic E-state index is 0.172. The summed E-state index contributed by atoms with van der Waals surface area (Å²) in [5.74, 6) is 1.86. The summed E-state index contributed by atoms with van der Waals surface area (Å²) in [6.45, 7) is 8.54. The first-order valence-electron chi connectivity index (χ1n) is 8.02. The second kappa shape index (κ2) is 10.5. The van der Waals surface area contributed by atoms with Crippen LogP contribution in [-0.4, -0.2) is 35.1 Å². The molecular formula is C17H20BrN3O3S2. The number of amides is 1. The van der Waals surface area contributed by atoms with Crippen LogP contribution in [0.15, 0.2) is 33.6 Å². The second-order valence-electron chi connectivity index (χ2n) is 4.95. The number of anilines is 1. The molecule has 26 heavy (non-hydrogen) atoms. The monoisotopic (exact) mass is 457 g/mol. The van der Waals surface area contributed by atoms with Crippen LogP contribution in [0.3, 0.4) is 0 Å². The highest BCUT2D eigenvalue weighted by molar-refractivity contribution is 9.10. The molecule has 6 nitrogen and oxygen atoms in total. The molecule has 140 valence electrons. The van der Waals surface area contributed by atoms with Crippen LogP contribution in [-0.2, 0) is 11.2 Å². The predicted molar refractivity (Wildman–Crippen MR) is 110 cm³/mol. The zero-order chi connectivity index (χ0) is 18.9. The van der Waals surface area contributed by atoms with Crippen LogP contribution >= 0.6 is 39.0 Å². The van der Waals surface area contributed by atoms with Crippen molar-refractivity contribution >= 4 is 50.1 Å². The third kappa shape index (κ3) is 6.00. The number of benzene rings is 1. The fourth-order valence-electron chi connectivity index (χ4n) is 2.03. The van der Waals surface area contributed by atoms with Gasteiger partial charge in [-0.15, -0.1) is 16.8 Å². The Labute approximate surface area is 169 Å². The van der Waals surface area contributed by atoms with E-state index in [0.717, 1.165) is 20.1 Å². The van der Waals surface area contributed by atoms with E-state index in [9.17, 15) is 4.79 Å². The summed E-state index contributed by atoms with van der Waals surface area (Å²) in [4.78, 5) is 12.3. The van der Waals surface area contributed by atoms with Crippen molar-refractivity contribution in [3.05, 3.63) is 34.8 Å². The number of nitrogens with zero attached hydrogens (tertiary/aromatic N) is 2. The Hall–Kier alpha value is -1.58. The van der Waals surface area contributed by atoms with Crippen LogP contribution in [0.2, 0.25) is 0 Å². The molecule has 0 radical (unpaired) electrons. The summed E-state index contributed by atoms with van der Waals surface area (Å²) < 4.78 is 12.8. The Morgan fingerprint density at radius 2 is 2.00 bits per heavy atom. The number of thioether (sulfide) groups is 1. The fraction of sp³-hybridized carbons (Fsp3) is 0.353. The van der Waals surface area contributed by atoms with Gasteiger partial charge >= 0.3 is 0 Å².